The number of aromatic nitrogens is 3. The zero-order valence-electron chi connectivity index (χ0n) is 11.9. The van der Waals surface area contributed by atoms with Crippen LogP contribution in [0.5, 0.6) is 0 Å². The molecule has 2 aromatic heterocycles. The summed E-state index contributed by atoms with van der Waals surface area (Å²) in [4.78, 5) is 26.3. The molecular formula is C15H12N6OS. The fraction of sp³-hybridized carbons (Fsp3) is 0.0667. The maximum Gasteiger partial charge on any atom is 0.267 e. The SMILES string of the molecule is NC(=O)c1ccnc(N2c3ccccc3NC2c2nccs2)n1. The molecule has 1 amide bonds. The van der Waals surface area contributed by atoms with Gasteiger partial charge in [0.05, 0.1) is 11.4 Å². The van der Waals surface area contributed by atoms with Gasteiger partial charge in [-0.1, -0.05) is 12.1 Å². The van der Waals surface area contributed by atoms with Gasteiger partial charge >= 0.3 is 0 Å². The lowest BCUT2D eigenvalue weighted by Gasteiger charge is -2.23. The molecule has 3 N–H and O–H groups in total. The number of carbonyl (C=O) groups is 1. The number of fused-ring (bicyclic) bond motifs is 1. The molecule has 0 saturated carbocycles. The summed E-state index contributed by atoms with van der Waals surface area (Å²) < 4.78 is 0. The van der Waals surface area contributed by atoms with Crippen molar-refractivity contribution in [3.05, 3.63) is 58.8 Å². The first-order valence-corrected chi connectivity index (χ1v) is 7.79. The summed E-state index contributed by atoms with van der Waals surface area (Å²) in [5.41, 5.74) is 7.39. The molecule has 3 heterocycles. The minimum absolute atomic E-state index is 0.178. The lowest BCUT2D eigenvalue weighted by atomic mass is 10.3. The highest BCUT2D eigenvalue weighted by molar-refractivity contribution is 7.09. The van der Waals surface area contributed by atoms with Crippen LogP contribution in [-0.4, -0.2) is 20.9 Å². The topological polar surface area (TPSA) is 97.0 Å². The Balaban J connectivity index is 1.85. The largest absolute Gasteiger partial charge is 0.364 e. The number of anilines is 3. The first-order chi connectivity index (χ1) is 11.2. The van der Waals surface area contributed by atoms with E-state index in [1.165, 1.54) is 23.6 Å². The quantitative estimate of drug-likeness (QED) is 0.767. The Kier molecular flexibility index (Phi) is 3.16. The molecule has 4 rings (SSSR count). The zero-order chi connectivity index (χ0) is 15.8. The van der Waals surface area contributed by atoms with Crippen LogP contribution >= 0.6 is 11.3 Å². The molecule has 0 fully saturated rings. The van der Waals surface area contributed by atoms with Gasteiger partial charge in [0.2, 0.25) is 5.95 Å². The summed E-state index contributed by atoms with van der Waals surface area (Å²) in [6.45, 7) is 0. The predicted molar refractivity (Wildman–Crippen MR) is 87.6 cm³/mol. The Morgan fingerprint density at radius 2 is 2.09 bits per heavy atom. The van der Waals surface area contributed by atoms with Gasteiger partial charge in [-0.3, -0.25) is 9.69 Å². The molecule has 0 bridgehead atoms. The van der Waals surface area contributed by atoms with Crippen molar-refractivity contribution in [3.8, 4) is 0 Å². The summed E-state index contributed by atoms with van der Waals surface area (Å²) in [7, 11) is 0. The van der Waals surface area contributed by atoms with Crippen LogP contribution in [0.2, 0.25) is 0 Å². The van der Waals surface area contributed by atoms with Crippen LogP contribution in [0.15, 0.2) is 48.1 Å². The highest BCUT2D eigenvalue weighted by Gasteiger charge is 2.34. The van der Waals surface area contributed by atoms with E-state index in [1.54, 1.807) is 6.20 Å². The number of thiazole rings is 1. The van der Waals surface area contributed by atoms with Crippen LogP contribution in [0.25, 0.3) is 0 Å². The maximum absolute atomic E-state index is 11.4. The third kappa shape index (κ3) is 2.29. The third-order valence-electron chi connectivity index (χ3n) is 3.51. The van der Waals surface area contributed by atoms with E-state index in [0.29, 0.717) is 5.95 Å². The number of nitrogens with zero attached hydrogens (tertiary/aromatic N) is 4. The first-order valence-electron chi connectivity index (χ1n) is 6.91. The number of carbonyl (C=O) groups excluding carboxylic acids is 1. The van der Waals surface area contributed by atoms with Gasteiger partial charge in [-0.2, -0.15) is 0 Å². The van der Waals surface area contributed by atoms with E-state index in [4.69, 9.17) is 5.73 Å². The van der Waals surface area contributed by atoms with Crippen molar-refractivity contribution >= 4 is 34.6 Å². The number of hydrogen-bond donors (Lipinski definition) is 2. The second kappa shape index (κ2) is 5.33. The molecule has 0 spiro atoms. The Morgan fingerprint density at radius 1 is 1.22 bits per heavy atom. The second-order valence-electron chi connectivity index (χ2n) is 4.91. The fourth-order valence-corrected chi connectivity index (χ4v) is 3.20. The standard InChI is InChI=1S/C15H12N6OS/c16-12(22)10-5-6-18-15(20-10)21-11-4-2-1-3-9(11)19-13(21)14-17-7-8-23-14/h1-8,13,19H,(H2,16,22). The van der Waals surface area contributed by atoms with Crippen LogP contribution in [0.4, 0.5) is 17.3 Å². The van der Waals surface area contributed by atoms with Gasteiger partial charge in [0.15, 0.2) is 6.17 Å². The highest BCUT2D eigenvalue weighted by Crippen LogP contribution is 2.44. The fourth-order valence-electron chi connectivity index (χ4n) is 2.52. The second-order valence-corrected chi connectivity index (χ2v) is 5.84. The molecule has 114 valence electrons. The number of primary amides is 1. The number of nitrogens with two attached hydrogens (primary N) is 1. The van der Waals surface area contributed by atoms with E-state index in [-0.39, 0.29) is 11.9 Å². The van der Waals surface area contributed by atoms with Gasteiger partial charge in [-0.15, -0.1) is 11.3 Å². The number of benzene rings is 1. The Morgan fingerprint density at radius 3 is 2.87 bits per heavy atom. The summed E-state index contributed by atoms with van der Waals surface area (Å²) in [5, 5.41) is 6.21. The average molecular weight is 324 g/mol. The van der Waals surface area contributed by atoms with Gasteiger partial charge in [0.25, 0.3) is 5.91 Å². The lowest BCUT2D eigenvalue weighted by molar-refractivity contribution is 0.0995. The van der Waals surface area contributed by atoms with Crippen LogP contribution in [0, 0.1) is 0 Å². The number of para-hydroxylation sites is 2. The third-order valence-corrected chi connectivity index (χ3v) is 4.34. The smallest absolute Gasteiger partial charge is 0.267 e. The molecule has 7 nitrogen and oxygen atoms in total. The maximum atomic E-state index is 11.4. The van der Waals surface area contributed by atoms with Gasteiger partial charge in [-0.05, 0) is 18.2 Å². The van der Waals surface area contributed by atoms with Crippen molar-refractivity contribution in [2.45, 2.75) is 6.17 Å². The molecular weight excluding hydrogens is 312 g/mol. The van der Waals surface area contributed by atoms with Gasteiger partial charge in [0, 0.05) is 17.8 Å². The van der Waals surface area contributed by atoms with Crippen LogP contribution in [0.1, 0.15) is 21.7 Å². The molecule has 1 atom stereocenters. The van der Waals surface area contributed by atoms with E-state index >= 15 is 0 Å². The van der Waals surface area contributed by atoms with Crippen molar-refractivity contribution in [3.63, 3.8) is 0 Å². The minimum Gasteiger partial charge on any atom is -0.364 e. The highest BCUT2D eigenvalue weighted by atomic mass is 32.1. The van der Waals surface area contributed by atoms with E-state index in [0.717, 1.165) is 16.4 Å². The van der Waals surface area contributed by atoms with Gasteiger partial charge in [-0.25, -0.2) is 15.0 Å². The Hall–Kier alpha value is -3.00. The van der Waals surface area contributed by atoms with Crippen LogP contribution in [0.3, 0.4) is 0 Å². The van der Waals surface area contributed by atoms with E-state index in [2.05, 4.69) is 20.3 Å². The Bertz CT molecular complexity index is 866. The van der Waals surface area contributed by atoms with Crippen molar-refractivity contribution in [2.75, 3.05) is 10.2 Å². The van der Waals surface area contributed by atoms with E-state index in [1.807, 2.05) is 34.5 Å². The molecule has 23 heavy (non-hydrogen) atoms. The van der Waals surface area contributed by atoms with Gasteiger partial charge < -0.3 is 11.1 Å². The number of amides is 1. The molecule has 1 aromatic carbocycles. The molecule has 1 aliphatic heterocycles. The summed E-state index contributed by atoms with van der Waals surface area (Å²) in [6, 6.07) is 9.34. The summed E-state index contributed by atoms with van der Waals surface area (Å²) in [6.07, 6.45) is 3.06. The molecule has 0 radical (unpaired) electrons. The molecule has 1 unspecified atom stereocenters. The molecule has 8 heteroatoms. The van der Waals surface area contributed by atoms with Crippen molar-refractivity contribution in [2.24, 2.45) is 5.73 Å². The van der Waals surface area contributed by atoms with Crippen molar-refractivity contribution in [1.29, 1.82) is 0 Å². The number of rotatable bonds is 3. The normalized spacial score (nSPS) is 16.0. The molecule has 0 saturated heterocycles. The van der Waals surface area contributed by atoms with Crippen LogP contribution in [-0.2, 0) is 0 Å². The molecule has 3 aromatic rings. The van der Waals surface area contributed by atoms with E-state index < -0.39 is 5.91 Å². The van der Waals surface area contributed by atoms with E-state index in [9.17, 15) is 4.79 Å². The molecule has 0 aliphatic carbocycles. The van der Waals surface area contributed by atoms with Gasteiger partial charge in [0.1, 0.15) is 10.7 Å². The number of hydrogen-bond acceptors (Lipinski definition) is 7. The van der Waals surface area contributed by atoms with Crippen molar-refractivity contribution in [1.82, 2.24) is 15.0 Å². The lowest BCUT2D eigenvalue weighted by Crippen LogP contribution is -2.26. The number of nitrogens with one attached hydrogen (secondary N) is 1. The minimum atomic E-state index is -0.583. The monoisotopic (exact) mass is 324 g/mol. The average Bonchev–Trinajstić information content (AvgIpc) is 3.22. The summed E-state index contributed by atoms with van der Waals surface area (Å²) in [5.74, 6) is -0.182. The molecule has 1 aliphatic rings. The zero-order valence-corrected chi connectivity index (χ0v) is 12.7. The first kappa shape index (κ1) is 13.6. The Labute approximate surface area is 135 Å². The van der Waals surface area contributed by atoms with Crippen LogP contribution < -0.4 is 16.0 Å². The summed E-state index contributed by atoms with van der Waals surface area (Å²) >= 11 is 1.54. The predicted octanol–water partition coefficient (Wildman–Crippen LogP) is 2.29. The van der Waals surface area contributed by atoms with Crippen molar-refractivity contribution < 1.29 is 4.79 Å².